The molecule has 0 atom stereocenters. The Morgan fingerprint density at radius 1 is 1.17 bits per heavy atom. The van der Waals surface area contributed by atoms with Gasteiger partial charge in [0.15, 0.2) is 0 Å². The zero-order valence-corrected chi connectivity index (χ0v) is 18.4. The van der Waals surface area contributed by atoms with Crippen molar-refractivity contribution in [2.24, 2.45) is 0 Å². The van der Waals surface area contributed by atoms with Crippen LogP contribution in [-0.2, 0) is 23.1 Å². The Bertz CT molecular complexity index is 1280. The average Bonchev–Trinajstić information content (AvgIpc) is 2.73. The van der Waals surface area contributed by atoms with E-state index in [9.17, 15) is 18.0 Å². The Morgan fingerprint density at radius 2 is 1.87 bits per heavy atom. The molecule has 3 aromatic rings. The molecule has 0 aliphatic carbocycles. The molecule has 0 saturated heterocycles. The lowest BCUT2D eigenvalue weighted by molar-refractivity contribution is 0.0949. The third-order valence-electron chi connectivity index (χ3n) is 4.81. The molecule has 1 heterocycles. The highest BCUT2D eigenvalue weighted by Gasteiger charge is 2.21. The van der Waals surface area contributed by atoms with E-state index in [0.717, 1.165) is 9.87 Å². The number of amides is 1. The first-order chi connectivity index (χ1) is 14.2. The second-order valence-corrected chi connectivity index (χ2v) is 9.46. The van der Waals surface area contributed by atoms with E-state index in [1.165, 1.54) is 32.4 Å². The summed E-state index contributed by atoms with van der Waals surface area (Å²) in [5, 5.41) is 3.40. The van der Waals surface area contributed by atoms with E-state index in [4.69, 9.17) is 11.6 Å². The van der Waals surface area contributed by atoms with E-state index in [2.05, 4.69) is 5.32 Å². The minimum atomic E-state index is -3.72. The van der Waals surface area contributed by atoms with Crippen LogP contribution in [0, 0.1) is 0 Å². The topological polar surface area (TPSA) is 88.5 Å². The number of hydrogen-bond acceptors (Lipinski definition) is 4. The van der Waals surface area contributed by atoms with Crippen LogP contribution in [0.5, 0.6) is 0 Å². The molecule has 3 rings (SSSR count). The summed E-state index contributed by atoms with van der Waals surface area (Å²) in [7, 11) is -0.881. The van der Waals surface area contributed by atoms with Crippen LogP contribution in [0.2, 0.25) is 5.02 Å². The number of benzene rings is 2. The van der Waals surface area contributed by atoms with Gasteiger partial charge in [-0.25, -0.2) is 12.7 Å². The molecule has 1 amide bonds. The summed E-state index contributed by atoms with van der Waals surface area (Å²) < 4.78 is 27.8. The number of nitrogens with one attached hydrogen (secondary N) is 1. The fraction of sp³-hybridized carbons (Fsp3) is 0.238. The Balaban J connectivity index is 2.06. The van der Waals surface area contributed by atoms with Gasteiger partial charge in [-0.2, -0.15) is 0 Å². The Labute approximate surface area is 179 Å². The van der Waals surface area contributed by atoms with Gasteiger partial charge in [0, 0.05) is 43.8 Å². The highest BCUT2D eigenvalue weighted by molar-refractivity contribution is 7.89. The van der Waals surface area contributed by atoms with Crippen molar-refractivity contribution >= 4 is 38.4 Å². The second kappa shape index (κ2) is 8.59. The summed E-state index contributed by atoms with van der Waals surface area (Å²) in [5.74, 6) is -0.551. The van der Waals surface area contributed by atoms with Crippen molar-refractivity contribution in [1.82, 2.24) is 14.2 Å². The molecule has 0 fully saturated rings. The first kappa shape index (κ1) is 22.0. The number of sulfonamides is 1. The predicted octanol–water partition coefficient (Wildman–Crippen LogP) is 2.86. The number of aromatic nitrogens is 1. The number of halogens is 1. The van der Waals surface area contributed by atoms with Gasteiger partial charge >= 0.3 is 0 Å². The van der Waals surface area contributed by atoms with Gasteiger partial charge in [0.2, 0.25) is 15.5 Å². The van der Waals surface area contributed by atoms with Gasteiger partial charge in [0.05, 0.1) is 10.4 Å². The molecule has 2 aromatic carbocycles. The molecule has 0 saturated carbocycles. The zero-order valence-electron chi connectivity index (χ0n) is 16.8. The number of pyridine rings is 1. The van der Waals surface area contributed by atoms with Crippen LogP contribution in [0.3, 0.4) is 0 Å². The SMILES string of the molecule is CCn1cc(C(=O)NCc2ccccc2Cl)c(=O)c2cc(S(=O)(=O)N(C)C)ccc21. The van der Waals surface area contributed by atoms with E-state index in [0.29, 0.717) is 17.1 Å². The van der Waals surface area contributed by atoms with Crippen molar-refractivity contribution in [3.8, 4) is 0 Å². The molecule has 0 radical (unpaired) electrons. The summed E-state index contributed by atoms with van der Waals surface area (Å²) in [6, 6.07) is 11.5. The first-order valence-electron chi connectivity index (χ1n) is 9.28. The highest BCUT2D eigenvalue weighted by atomic mass is 35.5. The zero-order chi connectivity index (χ0) is 22.1. The fourth-order valence-corrected chi connectivity index (χ4v) is 4.21. The summed E-state index contributed by atoms with van der Waals surface area (Å²) >= 11 is 6.12. The highest BCUT2D eigenvalue weighted by Crippen LogP contribution is 2.20. The lowest BCUT2D eigenvalue weighted by atomic mass is 10.1. The molecule has 7 nitrogen and oxygen atoms in total. The minimum Gasteiger partial charge on any atom is -0.348 e. The molecule has 9 heteroatoms. The van der Waals surface area contributed by atoms with Gasteiger partial charge in [-0.3, -0.25) is 9.59 Å². The normalized spacial score (nSPS) is 11.8. The quantitative estimate of drug-likeness (QED) is 0.629. The van der Waals surface area contributed by atoms with E-state index in [-0.39, 0.29) is 22.4 Å². The smallest absolute Gasteiger partial charge is 0.257 e. The van der Waals surface area contributed by atoms with Gasteiger partial charge in [0.1, 0.15) is 5.56 Å². The molecule has 0 aliphatic rings. The second-order valence-electron chi connectivity index (χ2n) is 6.90. The molecule has 158 valence electrons. The first-order valence-corrected chi connectivity index (χ1v) is 11.1. The van der Waals surface area contributed by atoms with Crippen molar-refractivity contribution in [2.75, 3.05) is 14.1 Å². The maximum atomic E-state index is 13.1. The summed E-state index contributed by atoms with van der Waals surface area (Å²) in [6.45, 7) is 2.54. The van der Waals surface area contributed by atoms with Crippen molar-refractivity contribution in [2.45, 2.75) is 24.9 Å². The molecular formula is C21H22ClN3O4S. The molecule has 0 aliphatic heterocycles. The maximum absolute atomic E-state index is 13.1. The van der Waals surface area contributed by atoms with E-state index in [1.807, 2.05) is 6.92 Å². The lowest BCUT2D eigenvalue weighted by Crippen LogP contribution is -2.30. The maximum Gasteiger partial charge on any atom is 0.257 e. The minimum absolute atomic E-state index is 0.00613. The van der Waals surface area contributed by atoms with Crippen LogP contribution in [0.1, 0.15) is 22.8 Å². The van der Waals surface area contributed by atoms with Crippen LogP contribution in [-0.4, -0.2) is 37.3 Å². The Hall–Kier alpha value is -2.68. The monoisotopic (exact) mass is 447 g/mol. The molecule has 0 spiro atoms. The standard InChI is InChI=1S/C21H22ClN3O4S/c1-4-25-13-17(21(27)23-12-14-7-5-6-8-18(14)22)20(26)16-11-15(9-10-19(16)25)30(28,29)24(2)3/h5-11,13H,4,12H2,1-3H3,(H,23,27). The van der Waals surface area contributed by atoms with Crippen molar-refractivity contribution < 1.29 is 13.2 Å². The third-order valence-corrected chi connectivity index (χ3v) is 6.99. The number of hydrogen-bond donors (Lipinski definition) is 1. The third kappa shape index (κ3) is 4.12. The van der Waals surface area contributed by atoms with E-state index < -0.39 is 21.4 Å². The van der Waals surface area contributed by atoms with Gasteiger partial charge in [-0.1, -0.05) is 29.8 Å². The van der Waals surface area contributed by atoms with Crippen molar-refractivity contribution in [3.63, 3.8) is 0 Å². The van der Waals surface area contributed by atoms with Gasteiger partial charge in [0.25, 0.3) is 5.91 Å². The molecular weight excluding hydrogens is 426 g/mol. The predicted molar refractivity (Wildman–Crippen MR) is 117 cm³/mol. The number of carbonyl (C=O) groups excluding carboxylic acids is 1. The number of carbonyl (C=O) groups is 1. The van der Waals surface area contributed by atoms with Crippen LogP contribution in [0.4, 0.5) is 0 Å². The van der Waals surface area contributed by atoms with Crippen molar-refractivity contribution in [3.05, 3.63) is 75.0 Å². The number of rotatable bonds is 6. The van der Waals surface area contributed by atoms with Crippen LogP contribution in [0.15, 0.2) is 58.4 Å². The summed E-state index contributed by atoms with van der Waals surface area (Å²) in [5.41, 5.74) is 0.698. The molecule has 0 unspecified atom stereocenters. The summed E-state index contributed by atoms with van der Waals surface area (Å²) in [6.07, 6.45) is 1.49. The molecule has 1 N–H and O–H groups in total. The van der Waals surface area contributed by atoms with Gasteiger partial charge < -0.3 is 9.88 Å². The van der Waals surface area contributed by atoms with Crippen LogP contribution >= 0.6 is 11.6 Å². The van der Waals surface area contributed by atoms with E-state index >= 15 is 0 Å². The van der Waals surface area contributed by atoms with E-state index in [1.54, 1.807) is 34.9 Å². The van der Waals surface area contributed by atoms with Gasteiger partial charge in [-0.15, -0.1) is 0 Å². The average molecular weight is 448 g/mol. The Kier molecular flexibility index (Phi) is 6.30. The molecule has 1 aromatic heterocycles. The largest absolute Gasteiger partial charge is 0.348 e. The number of nitrogens with zero attached hydrogens (tertiary/aromatic N) is 2. The number of aryl methyl sites for hydroxylation is 1. The van der Waals surface area contributed by atoms with Crippen LogP contribution < -0.4 is 10.7 Å². The summed E-state index contributed by atoms with van der Waals surface area (Å²) in [4.78, 5) is 25.8. The fourth-order valence-electron chi connectivity index (χ4n) is 3.08. The lowest BCUT2D eigenvalue weighted by Gasteiger charge is -2.15. The molecule has 0 bridgehead atoms. The Morgan fingerprint density at radius 3 is 2.50 bits per heavy atom. The number of fused-ring (bicyclic) bond motifs is 1. The van der Waals surface area contributed by atoms with Crippen LogP contribution in [0.25, 0.3) is 10.9 Å². The van der Waals surface area contributed by atoms with Gasteiger partial charge in [-0.05, 0) is 36.8 Å². The van der Waals surface area contributed by atoms with Crippen molar-refractivity contribution in [1.29, 1.82) is 0 Å². The molecule has 30 heavy (non-hydrogen) atoms.